The van der Waals surface area contributed by atoms with Gasteiger partial charge in [0.05, 0.1) is 15.5 Å². The molecule has 2 aliphatic heterocycles. The number of benzene rings is 3. The van der Waals surface area contributed by atoms with Crippen LogP contribution in [0.2, 0.25) is 5.02 Å². The Morgan fingerprint density at radius 2 is 1.68 bits per heavy atom. The predicted molar refractivity (Wildman–Crippen MR) is 170 cm³/mol. The molecule has 3 aromatic carbocycles. The van der Waals surface area contributed by atoms with E-state index < -0.39 is 11.0 Å². The molecule has 0 saturated carbocycles. The summed E-state index contributed by atoms with van der Waals surface area (Å²) in [6, 6.07) is 23.6. The normalized spacial score (nSPS) is 19.0. The molecule has 2 aliphatic rings. The molecule has 0 unspecified atom stereocenters. The van der Waals surface area contributed by atoms with Crippen molar-refractivity contribution in [2.24, 2.45) is 5.92 Å². The highest BCUT2D eigenvalue weighted by molar-refractivity contribution is 6.33. The molecule has 0 bridgehead atoms. The number of carbonyl (C=O) groups excluding carboxylic acids is 2. The van der Waals surface area contributed by atoms with Crippen LogP contribution >= 0.6 is 11.6 Å². The van der Waals surface area contributed by atoms with Gasteiger partial charge in [0.1, 0.15) is 6.61 Å². The summed E-state index contributed by atoms with van der Waals surface area (Å²) < 4.78 is 5.58. The lowest BCUT2D eigenvalue weighted by molar-refractivity contribution is -0.384. The topological polar surface area (TPSA) is 96.2 Å². The number of non-ortho nitro benzene ring substituents is 1. The third kappa shape index (κ3) is 7.46. The molecule has 0 aromatic heterocycles. The highest BCUT2D eigenvalue weighted by atomic mass is 35.5. The number of hydrogen-bond donors (Lipinski definition) is 0. The van der Waals surface area contributed by atoms with E-state index in [1.54, 1.807) is 35.2 Å². The summed E-state index contributed by atoms with van der Waals surface area (Å²) in [5.41, 5.74) is 2.44. The number of carbonyl (C=O) groups is 2. The average Bonchev–Trinajstić information content (AvgIpc) is 3.47. The molecule has 9 nitrogen and oxygen atoms in total. The van der Waals surface area contributed by atoms with Gasteiger partial charge < -0.3 is 19.4 Å². The molecule has 0 radical (unpaired) electrons. The molecule has 0 N–H and O–H groups in total. The monoisotopic (exact) mass is 616 g/mol. The first-order valence-electron chi connectivity index (χ1n) is 14.9. The van der Waals surface area contributed by atoms with Crippen molar-refractivity contribution >= 4 is 29.3 Å². The molecule has 2 saturated heterocycles. The van der Waals surface area contributed by atoms with Crippen LogP contribution in [0.15, 0.2) is 91.5 Å². The number of halogens is 1. The van der Waals surface area contributed by atoms with E-state index in [-0.39, 0.29) is 36.1 Å². The predicted octanol–water partition coefficient (Wildman–Crippen LogP) is 6.39. The van der Waals surface area contributed by atoms with Crippen molar-refractivity contribution in [2.75, 3.05) is 39.3 Å². The van der Waals surface area contributed by atoms with E-state index in [1.807, 2.05) is 35.2 Å². The molecular formula is C34H37ClN4O5. The third-order valence-electron chi connectivity index (χ3n) is 8.62. The second-order valence-corrected chi connectivity index (χ2v) is 11.8. The molecule has 2 heterocycles. The van der Waals surface area contributed by atoms with Crippen LogP contribution in [0.1, 0.15) is 40.2 Å². The zero-order valence-corrected chi connectivity index (χ0v) is 25.4. The standard InChI is InChI=1S/C34H37ClN4O5/c1-2-18-38(34(41)44-24-25-12-14-29(15-13-25)39(42)43)28-16-19-36(20-17-28)21-27-22-37(23-31(27)26-8-4-3-5-9-26)33(40)30-10-6-7-11-32(30)35/h2-15,27-28,31H,1,16-24H2/t27-,31+/m0/s1. The molecule has 0 aliphatic carbocycles. The van der Waals surface area contributed by atoms with Crippen molar-refractivity contribution in [3.8, 4) is 0 Å². The number of nitro benzene ring substituents is 1. The molecule has 10 heteroatoms. The summed E-state index contributed by atoms with van der Waals surface area (Å²) in [4.78, 5) is 43.1. The van der Waals surface area contributed by atoms with Crippen LogP contribution in [0, 0.1) is 16.0 Å². The SMILES string of the molecule is C=CCN(C(=O)OCc1ccc([N+](=O)[O-])cc1)C1CCN(C[C@H]2CN(C(=O)c3ccccc3Cl)C[C@@H]2c2ccccc2)CC1. The van der Waals surface area contributed by atoms with Crippen LogP contribution in [0.3, 0.4) is 0 Å². The zero-order chi connectivity index (χ0) is 31.1. The average molecular weight is 617 g/mol. The number of amides is 2. The van der Waals surface area contributed by atoms with E-state index >= 15 is 0 Å². The third-order valence-corrected chi connectivity index (χ3v) is 8.95. The summed E-state index contributed by atoms with van der Waals surface area (Å²) in [6.07, 6.45) is 2.87. The zero-order valence-electron chi connectivity index (χ0n) is 24.6. The van der Waals surface area contributed by atoms with Crippen LogP contribution in [0.4, 0.5) is 10.5 Å². The summed E-state index contributed by atoms with van der Waals surface area (Å²) in [6.45, 7) is 8.04. The van der Waals surface area contributed by atoms with Gasteiger partial charge in [0.15, 0.2) is 0 Å². The largest absolute Gasteiger partial charge is 0.445 e. The second-order valence-electron chi connectivity index (χ2n) is 11.4. The Bertz CT molecular complexity index is 1460. The first kappa shape index (κ1) is 31.2. The Kier molecular flexibility index (Phi) is 10.3. The van der Waals surface area contributed by atoms with Gasteiger partial charge in [-0.1, -0.05) is 60.1 Å². The van der Waals surface area contributed by atoms with E-state index in [2.05, 4.69) is 23.6 Å². The number of nitrogens with zero attached hydrogens (tertiary/aromatic N) is 4. The fraction of sp³-hybridized carbons (Fsp3) is 0.353. The summed E-state index contributed by atoms with van der Waals surface area (Å²) in [5, 5.41) is 11.4. The van der Waals surface area contributed by atoms with Crippen molar-refractivity contribution in [2.45, 2.75) is 31.4 Å². The highest BCUT2D eigenvalue weighted by Gasteiger charge is 2.38. The maximum atomic E-state index is 13.5. The highest BCUT2D eigenvalue weighted by Crippen LogP contribution is 2.35. The number of likely N-dealkylation sites (tertiary alicyclic amines) is 2. The van der Waals surface area contributed by atoms with Gasteiger partial charge in [-0.3, -0.25) is 14.9 Å². The summed E-state index contributed by atoms with van der Waals surface area (Å²) >= 11 is 6.37. The molecule has 2 amide bonds. The van der Waals surface area contributed by atoms with E-state index in [4.69, 9.17) is 16.3 Å². The minimum absolute atomic E-state index is 0.00675. The van der Waals surface area contributed by atoms with E-state index in [0.29, 0.717) is 35.8 Å². The van der Waals surface area contributed by atoms with Crippen LogP contribution in [0.5, 0.6) is 0 Å². The fourth-order valence-electron chi connectivity index (χ4n) is 6.30. The van der Waals surface area contributed by atoms with Crippen molar-refractivity contribution in [3.05, 3.63) is 123 Å². The fourth-order valence-corrected chi connectivity index (χ4v) is 6.52. The van der Waals surface area contributed by atoms with Crippen molar-refractivity contribution in [3.63, 3.8) is 0 Å². The van der Waals surface area contributed by atoms with Gasteiger partial charge in [-0.2, -0.15) is 0 Å². The molecule has 44 heavy (non-hydrogen) atoms. The maximum Gasteiger partial charge on any atom is 0.410 e. The minimum Gasteiger partial charge on any atom is -0.445 e. The first-order chi connectivity index (χ1) is 21.3. The van der Waals surface area contributed by atoms with Crippen LogP contribution in [0.25, 0.3) is 0 Å². The summed E-state index contributed by atoms with van der Waals surface area (Å²) in [7, 11) is 0. The van der Waals surface area contributed by atoms with Gasteiger partial charge in [-0.05, 0) is 54.2 Å². The number of ether oxygens (including phenoxy) is 1. The number of nitro groups is 1. The van der Waals surface area contributed by atoms with Gasteiger partial charge >= 0.3 is 6.09 Å². The number of hydrogen-bond acceptors (Lipinski definition) is 6. The van der Waals surface area contributed by atoms with E-state index in [9.17, 15) is 19.7 Å². The molecule has 5 rings (SSSR count). The number of rotatable bonds is 10. The van der Waals surface area contributed by atoms with Crippen molar-refractivity contribution in [1.82, 2.24) is 14.7 Å². The molecule has 3 aromatic rings. The first-order valence-corrected chi connectivity index (χ1v) is 15.3. The van der Waals surface area contributed by atoms with Crippen molar-refractivity contribution in [1.29, 1.82) is 0 Å². The quantitative estimate of drug-likeness (QED) is 0.149. The van der Waals surface area contributed by atoms with Gasteiger partial charge in [0, 0.05) is 63.4 Å². The van der Waals surface area contributed by atoms with E-state index in [1.165, 1.54) is 17.7 Å². The van der Waals surface area contributed by atoms with Gasteiger partial charge in [0.2, 0.25) is 0 Å². The van der Waals surface area contributed by atoms with E-state index in [0.717, 1.165) is 32.5 Å². The second kappa shape index (κ2) is 14.5. The van der Waals surface area contributed by atoms with Crippen molar-refractivity contribution < 1.29 is 19.2 Å². The minimum atomic E-state index is -0.460. The Morgan fingerprint density at radius 3 is 2.34 bits per heavy atom. The molecule has 230 valence electrons. The Balaban J connectivity index is 1.19. The van der Waals surface area contributed by atoms with Gasteiger partial charge in [-0.25, -0.2) is 4.79 Å². The van der Waals surface area contributed by atoms with Crippen LogP contribution < -0.4 is 0 Å². The molecule has 0 spiro atoms. The Morgan fingerprint density at radius 1 is 1.00 bits per heavy atom. The lowest BCUT2D eigenvalue weighted by Gasteiger charge is -2.39. The van der Waals surface area contributed by atoms with Crippen LogP contribution in [-0.2, 0) is 11.3 Å². The smallest absolute Gasteiger partial charge is 0.410 e. The maximum absolute atomic E-state index is 13.5. The molecule has 2 fully saturated rings. The lowest BCUT2D eigenvalue weighted by Crippen LogP contribution is -2.48. The Hall–Kier alpha value is -4.21. The number of piperidine rings is 1. The molecular weight excluding hydrogens is 580 g/mol. The van der Waals surface area contributed by atoms with Gasteiger partial charge in [-0.15, -0.1) is 6.58 Å². The Labute approximate surface area is 262 Å². The molecule has 2 atom stereocenters. The van der Waals surface area contributed by atoms with Gasteiger partial charge in [0.25, 0.3) is 11.6 Å². The van der Waals surface area contributed by atoms with Crippen LogP contribution in [-0.4, -0.2) is 76.9 Å². The lowest BCUT2D eigenvalue weighted by atomic mass is 9.88. The summed E-state index contributed by atoms with van der Waals surface area (Å²) in [5.74, 6) is 0.438.